The first-order chi connectivity index (χ1) is 11.7. The Morgan fingerprint density at radius 2 is 2.00 bits per heavy atom. The van der Waals surface area contributed by atoms with E-state index in [1.807, 2.05) is 0 Å². The highest BCUT2D eigenvalue weighted by molar-refractivity contribution is 5.85. The van der Waals surface area contributed by atoms with Crippen molar-refractivity contribution in [2.75, 3.05) is 19.6 Å². The average Bonchev–Trinajstić information content (AvgIpc) is 2.99. The number of hydrogen-bond acceptors (Lipinski definition) is 2. The van der Waals surface area contributed by atoms with Gasteiger partial charge in [0.15, 0.2) is 0 Å². The average molecular weight is 327 g/mol. The lowest BCUT2D eigenvalue weighted by Crippen LogP contribution is -2.30. The Hall–Kier alpha value is -1.81. The van der Waals surface area contributed by atoms with E-state index in [-0.39, 0.29) is 5.91 Å². The number of nitrogens with zero attached hydrogens (tertiary/aromatic N) is 1. The van der Waals surface area contributed by atoms with E-state index in [1.165, 1.54) is 53.4 Å². The second kappa shape index (κ2) is 7.84. The molecule has 2 N–H and O–H groups in total. The molecule has 0 atom stereocenters. The van der Waals surface area contributed by atoms with E-state index in [4.69, 9.17) is 0 Å². The molecule has 1 aromatic carbocycles. The third kappa shape index (κ3) is 3.81. The van der Waals surface area contributed by atoms with E-state index in [0.29, 0.717) is 13.0 Å². The van der Waals surface area contributed by atoms with Crippen LogP contribution in [-0.2, 0) is 24.2 Å². The number of carbonyl (C=O) groups is 1. The van der Waals surface area contributed by atoms with Crippen LogP contribution in [0.2, 0.25) is 0 Å². The first kappa shape index (κ1) is 17.0. The largest absolute Gasteiger partial charge is 0.358 e. The summed E-state index contributed by atoms with van der Waals surface area (Å²) in [6.45, 7) is 7.72. The zero-order chi connectivity index (χ0) is 16.9. The van der Waals surface area contributed by atoms with Crippen LogP contribution in [0, 0.1) is 0 Å². The van der Waals surface area contributed by atoms with Crippen LogP contribution in [0.5, 0.6) is 0 Å². The number of amides is 1. The van der Waals surface area contributed by atoms with Crippen molar-refractivity contribution < 1.29 is 4.79 Å². The van der Waals surface area contributed by atoms with Crippen LogP contribution < -0.4 is 5.32 Å². The lowest BCUT2D eigenvalue weighted by Gasteiger charge is -2.17. The van der Waals surface area contributed by atoms with Gasteiger partial charge in [0.25, 0.3) is 0 Å². The second-order valence-corrected chi connectivity index (χ2v) is 6.72. The van der Waals surface area contributed by atoms with Gasteiger partial charge in [-0.1, -0.05) is 19.9 Å². The molecule has 1 amide bonds. The first-order valence-corrected chi connectivity index (χ1v) is 9.32. The molecule has 1 aliphatic carbocycles. The van der Waals surface area contributed by atoms with Crippen molar-refractivity contribution in [3.8, 4) is 0 Å². The molecule has 3 rings (SSSR count). The maximum absolute atomic E-state index is 12.1. The van der Waals surface area contributed by atoms with Crippen LogP contribution in [0.1, 0.15) is 49.9 Å². The van der Waals surface area contributed by atoms with E-state index >= 15 is 0 Å². The van der Waals surface area contributed by atoms with E-state index in [1.54, 1.807) is 0 Å². The molecule has 0 bridgehead atoms. The zero-order valence-corrected chi connectivity index (χ0v) is 15.0. The van der Waals surface area contributed by atoms with Gasteiger partial charge in [0.05, 0.1) is 0 Å². The van der Waals surface area contributed by atoms with Gasteiger partial charge in [-0.25, -0.2) is 0 Å². The van der Waals surface area contributed by atoms with Crippen LogP contribution in [-0.4, -0.2) is 35.4 Å². The third-order valence-electron chi connectivity index (χ3n) is 5.20. The van der Waals surface area contributed by atoms with Gasteiger partial charge in [-0.2, -0.15) is 0 Å². The summed E-state index contributed by atoms with van der Waals surface area (Å²) in [7, 11) is 0. The number of benzene rings is 1. The number of H-pyrrole nitrogens is 1. The van der Waals surface area contributed by atoms with Crippen molar-refractivity contribution in [1.29, 1.82) is 0 Å². The van der Waals surface area contributed by atoms with Gasteiger partial charge in [-0.15, -0.1) is 0 Å². The van der Waals surface area contributed by atoms with E-state index in [9.17, 15) is 4.79 Å². The Labute approximate surface area is 144 Å². The topological polar surface area (TPSA) is 48.1 Å². The third-order valence-corrected chi connectivity index (χ3v) is 5.20. The van der Waals surface area contributed by atoms with Gasteiger partial charge < -0.3 is 15.2 Å². The van der Waals surface area contributed by atoms with Crippen molar-refractivity contribution in [3.63, 3.8) is 0 Å². The monoisotopic (exact) mass is 327 g/mol. The van der Waals surface area contributed by atoms with Crippen LogP contribution >= 0.6 is 0 Å². The summed E-state index contributed by atoms with van der Waals surface area (Å²) in [5, 5.41) is 4.41. The smallest absolute Gasteiger partial charge is 0.221 e. The molecule has 0 fully saturated rings. The fraction of sp³-hybridized carbons (Fsp3) is 0.550. The van der Waals surface area contributed by atoms with Crippen molar-refractivity contribution in [2.24, 2.45) is 0 Å². The highest BCUT2D eigenvalue weighted by Gasteiger charge is 2.15. The quantitative estimate of drug-likeness (QED) is 0.819. The first-order valence-electron chi connectivity index (χ1n) is 9.32. The van der Waals surface area contributed by atoms with Crippen LogP contribution in [0.4, 0.5) is 0 Å². The van der Waals surface area contributed by atoms with Gasteiger partial charge in [0, 0.05) is 36.1 Å². The number of aryl methyl sites for hydroxylation is 2. The van der Waals surface area contributed by atoms with Crippen molar-refractivity contribution >= 4 is 16.8 Å². The van der Waals surface area contributed by atoms with E-state index < -0.39 is 0 Å². The molecule has 0 saturated heterocycles. The standard InChI is InChI=1S/C20H29N3O/c1-3-23(4-2)12-11-20(24)21-14-15-9-10-19-17(13-15)16-7-5-6-8-18(16)22-19/h9-10,13,22H,3-8,11-12,14H2,1-2H3,(H,21,24). The maximum atomic E-state index is 12.1. The lowest BCUT2D eigenvalue weighted by molar-refractivity contribution is -0.121. The van der Waals surface area contributed by atoms with Crippen molar-refractivity contribution in [2.45, 2.75) is 52.5 Å². The van der Waals surface area contributed by atoms with Gasteiger partial charge in [0.2, 0.25) is 5.91 Å². The number of rotatable bonds is 7. The highest BCUT2D eigenvalue weighted by atomic mass is 16.1. The minimum atomic E-state index is 0.137. The number of carbonyl (C=O) groups excluding carboxylic acids is 1. The summed E-state index contributed by atoms with van der Waals surface area (Å²) >= 11 is 0. The Kier molecular flexibility index (Phi) is 5.56. The molecule has 4 nitrogen and oxygen atoms in total. The fourth-order valence-corrected chi connectivity index (χ4v) is 3.65. The van der Waals surface area contributed by atoms with E-state index in [2.05, 4.69) is 47.2 Å². The van der Waals surface area contributed by atoms with Crippen molar-refractivity contribution in [3.05, 3.63) is 35.0 Å². The molecular weight excluding hydrogens is 298 g/mol. The molecule has 2 aromatic rings. The number of hydrogen-bond donors (Lipinski definition) is 2. The molecule has 24 heavy (non-hydrogen) atoms. The van der Waals surface area contributed by atoms with Gasteiger partial charge >= 0.3 is 0 Å². The number of nitrogens with one attached hydrogen (secondary N) is 2. The minimum Gasteiger partial charge on any atom is -0.358 e. The summed E-state index contributed by atoms with van der Waals surface area (Å²) in [6.07, 6.45) is 5.49. The number of aromatic amines is 1. The molecule has 0 spiro atoms. The molecule has 130 valence electrons. The van der Waals surface area contributed by atoms with E-state index in [0.717, 1.165) is 19.6 Å². The Morgan fingerprint density at radius 1 is 1.21 bits per heavy atom. The maximum Gasteiger partial charge on any atom is 0.221 e. The highest BCUT2D eigenvalue weighted by Crippen LogP contribution is 2.29. The summed E-state index contributed by atoms with van der Waals surface area (Å²) in [5.74, 6) is 0.137. The molecule has 1 aliphatic rings. The molecule has 4 heteroatoms. The van der Waals surface area contributed by atoms with Gasteiger partial charge in [-0.05, 0) is 62.0 Å². The molecule has 0 saturated carbocycles. The molecular formula is C20H29N3O. The second-order valence-electron chi connectivity index (χ2n) is 6.72. The normalized spacial score (nSPS) is 14.1. The predicted molar refractivity (Wildman–Crippen MR) is 99.2 cm³/mol. The number of fused-ring (bicyclic) bond motifs is 3. The minimum absolute atomic E-state index is 0.137. The Balaban J connectivity index is 1.60. The van der Waals surface area contributed by atoms with Crippen LogP contribution in [0.15, 0.2) is 18.2 Å². The Bertz CT molecular complexity index is 700. The fourth-order valence-electron chi connectivity index (χ4n) is 3.65. The summed E-state index contributed by atoms with van der Waals surface area (Å²) in [6, 6.07) is 6.53. The summed E-state index contributed by atoms with van der Waals surface area (Å²) in [4.78, 5) is 17.9. The zero-order valence-electron chi connectivity index (χ0n) is 15.0. The van der Waals surface area contributed by atoms with Crippen LogP contribution in [0.25, 0.3) is 10.9 Å². The number of aromatic nitrogens is 1. The van der Waals surface area contributed by atoms with Crippen LogP contribution in [0.3, 0.4) is 0 Å². The Morgan fingerprint density at radius 3 is 2.79 bits per heavy atom. The predicted octanol–water partition coefficient (Wildman–Crippen LogP) is 3.39. The summed E-state index contributed by atoms with van der Waals surface area (Å²) in [5.41, 5.74) is 5.33. The molecule has 1 heterocycles. The molecule has 0 radical (unpaired) electrons. The SMILES string of the molecule is CCN(CC)CCC(=O)NCc1ccc2[nH]c3c(c2c1)CCCC3. The molecule has 0 unspecified atom stereocenters. The lowest BCUT2D eigenvalue weighted by atomic mass is 9.95. The molecule has 1 aromatic heterocycles. The summed E-state index contributed by atoms with van der Waals surface area (Å²) < 4.78 is 0. The van der Waals surface area contributed by atoms with Crippen molar-refractivity contribution in [1.82, 2.24) is 15.2 Å². The molecule has 0 aliphatic heterocycles. The van der Waals surface area contributed by atoms with Gasteiger partial charge in [-0.3, -0.25) is 4.79 Å². The van der Waals surface area contributed by atoms with Gasteiger partial charge in [0.1, 0.15) is 0 Å².